The normalized spacial score (nSPS) is 22.3. The average molecular weight is 270 g/mol. The molecule has 2 amide bonds. The quantitative estimate of drug-likeness (QED) is 0.665. The van der Waals surface area contributed by atoms with E-state index in [0.717, 1.165) is 5.56 Å². The second kappa shape index (κ2) is 6.25. The molecule has 1 aromatic rings. The van der Waals surface area contributed by atoms with Crippen LogP contribution in [-0.2, 0) is 9.59 Å². The van der Waals surface area contributed by atoms with Gasteiger partial charge >= 0.3 is 0 Å². The SMILES string of the molecule is C#CCCCN1C(=O)C(C)NC(=O)C1c1ccccc1. The molecular formula is C16H18N2O2. The van der Waals surface area contributed by atoms with E-state index in [2.05, 4.69) is 11.2 Å². The van der Waals surface area contributed by atoms with Gasteiger partial charge in [0, 0.05) is 13.0 Å². The standard InChI is InChI=1S/C16H18N2O2/c1-3-4-8-11-18-14(13-9-6-5-7-10-13)15(19)17-12(2)16(18)20/h1,5-7,9-10,12,14H,4,8,11H2,2H3,(H,17,19). The lowest BCUT2D eigenvalue weighted by Crippen LogP contribution is -2.58. The summed E-state index contributed by atoms with van der Waals surface area (Å²) < 4.78 is 0. The van der Waals surface area contributed by atoms with Crippen molar-refractivity contribution in [3.63, 3.8) is 0 Å². The zero-order valence-electron chi connectivity index (χ0n) is 11.5. The van der Waals surface area contributed by atoms with Crippen molar-refractivity contribution in [3.05, 3.63) is 35.9 Å². The molecule has 0 spiro atoms. The summed E-state index contributed by atoms with van der Waals surface area (Å²) in [4.78, 5) is 26.2. The number of hydrogen-bond acceptors (Lipinski definition) is 2. The van der Waals surface area contributed by atoms with Crippen molar-refractivity contribution in [2.45, 2.75) is 31.8 Å². The van der Waals surface area contributed by atoms with Gasteiger partial charge in [0.05, 0.1) is 0 Å². The molecule has 1 aliphatic heterocycles. The van der Waals surface area contributed by atoms with E-state index in [1.165, 1.54) is 0 Å². The molecular weight excluding hydrogens is 252 g/mol. The van der Waals surface area contributed by atoms with Crippen LogP contribution in [0.2, 0.25) is 0 Å². The lowest BCUT2D eigenvalue weighted by atomic mass is 9.99. The number of carbonyl (C=O) groups excluding carboxylic acids is 2. The van der Waals surface area contributed by atoms with Gasteiger partial charge in [-0.15, -0.1) is 12.3 Å². The first-order valence-electron chi connectivity index (χ1n) is 6.74. The topological polar surface area (TPSA) is 49.4 Å². The summed E-state index contributed by atoms with van der Waals surface area (Å²) >= 11 is 0. The molecule has 1 aliphatic rings. The first-order chi connectivity index (χ1) is 9.65. The van der Waals surface area contributed by atoms with Crippen molar-refractivity contribution < 1.29 is 9.59 Å². The number of nitrogens with zero attached hydrogens (tertiary/aromatic N) is 1. The molecule has 0 radical (unpaired) electrons. The van der Waals surface area contributed by atoms with Crippen LogP contribution in [0.15, 0.2) is 30.3 Å². The highest BCUT2D eigenvalue weighted by Gasteiger charge is 2.38. The van der Waals surface area contributed by atoms with E-state index >= 15 is 0 Å². The Balaban J connectivity index is 2.26. The molecule has 20 heavy (non-hydrogen) atoms. The number of carbonyl (C=O) groups is 2. The molecule has 1 heterocycles. The molecule has 104 valence electrons. The highest BCUT2D eigenvalue weighted by atomic mass is 16.2. The fraction of sp³-hybridized carbons (Fsp3) is 0.375. The van der Waals surface area contributed by atoms with Gasteiger partial charge in [0.1, 0.15) is 12.1 Å². The summed E-state index contributed by atoms with van der Waals surface area (Å²) in [6, 6.07) is 8.31. The van der Waals surface area contributed by atoms with Gasteiger partial charge in [-0.2, -0.15) is 0 Å². The number of piperazine rings is 1. The minimum absolute atomic E-state index is 0.0597. The van der Waals surface area contributed by atoms with E-state index < -0.39 is 12.1 Å². The van der Waals surface area contributed by atoms with Crippen molar-refractivity contribution in [2.24, 2.45) is 0 Å². The van der Waals surface area contributed by atoms with E-state index in [0.29, 0.717) is 19.4 Å². The Morgan fingerprint density at radius 2 is 2.00 bits per heavy atom. The molecule has 2 unspecified atom stereocenters. The Morgan fingerprint density at radius 3 is 2.65 bits per heavy atom. The number of hydrogen-bond donors (Lipinski definition) is 1. The highest BCUT2D eigenvalue weighted by molar-refractivity contribution is 5.97. The number of terminal acetylenes is 1. The highest BCUT2D eigenvalue weighted by Crippen LogP contribution is 2.25. The molecule has 2 rings (SSSR count). The maximum Gasteiger partial charge on any atom is 0.248 e. The molecule has 2 atom stereocenters. The Morgan fingerprint density at radius 1 is 1.30 bits per heavy atom. The van der Waals surface area contributed by atoms with Crippen LogP contribution >= 0.6 is 0 Å². The van der Waals surface area contributed by atoms with Crippen LogP contribution in [0.4, 0.5) is 0 Å². The predicted octanol–water partition coefficient (Wildman–Crippen LogP) is 1.49. The summed E-state index contributed by atoms with van der Waals surface area (Å²) in [5.74, 6) is 2.37. The summed E-state index contributed by atoms with van der Waals surface area (Å²) in [6.45, 7) is 2.20. The summed E-state index contributed by atoms with van der Waals surface area (Å²) in [6.07, 6.45) is 6.54. The fourth-order valence-electron chi connectivity index (χ4n) is 2.43. The molecule has 1 saturated heterocycles. The van der Waals surface area contributed by atoms with Crippen LogP contribution in [0.25, 0.3) is 0 Å². The van der Waals surface area contributed by atoms with Gasteiger partial charge in [-0.3, -0.25) is 9.59 Å². The number of unbranched alkanes of at least 4 members (excludes halogenated alkanes) is 1. The first-order valence-corrected chi connectivity index (χ1v) is 6.74. The van der Waals surface area contributed by atoms with Crippen LogP contribution in [0, 0.1) is 12.3 Å². The summed E-state index contributed by atoms with van der Waals surface area (Å²) in [5, 5.41) is 2.73. The lowest BCUT2D eigenvalue weighted by molar-refractivity contribution is -0.149. The third kappa shape index (κ3) is 2.83. The molecule has 4 heteroatoms. The zero-order valence-corrected chi connectivity index (χ0v) is 11.5. The second-order valence-electron chi connectivity index (χ2n) is 4.88. The summed E-state index contributed by atoms with van der Waals surface area (Å²) in [5.41, 5.74) is 0.825. The van der Waals surface area contributed by atoms with E-state index in [1.54, 1.807) is 11.8 Å². The van der Waals surface area contributed by atoms with Gasteiger partial charge in [0.25, 0.3) is 0 Å². The van der Waals surface area contributed by atoms with Gasteiger partial charge in [-0.1, -0.05) is 30.3 Å². The van der Waals surface area contributed by atoms with Crippen molar-refractivity contribution in [1.29, 1.82) is 0 Å². The molecule has 1 aromatic carbocycles. The largest absolute Gasteiger partial charge is 0.342 e. The maximum absolute atomic E-state index is 12.3. The van der Waals surface area contributed by atoms with Crippen molar-refractivity contribution in [3.8, 4) is 12.3 Å². The zero-order chi connectivity index (χ0) is 14.5. The van der Waals surface area contributed by atoms with Crippen LogP contribution in [0.5, 0.6) is 0 Å². The molecule has 0 aliphatic carbocycles. The van der Waals surface area contributed by atoms with E-state index in [-0.39, 0.29) is 11.8 Å². The average Bonchev–Trinajstić information content (AvgIpc) is 2.45. The third-order valence-corrected chi connectivity index (χ3v) is 3.41. The molecule has 1 N–H and O–H groups in total. The smallest absolute Gasteiger partial charge is 0.248 e. The predicted molar refractivity (Wildman–Crippen MR) is 76.6 cm³/mol. The van der Waals surface area contributed by atoms with Crippen LogP contribution in [-0.4, -0.2) is 29.3 Å². The third-order valence-electron chi connectivity index (χ3n) is 3.41. The van der Waals surface area contributed by atoms with E-state index in [1.807, 2.05) is 30.3 Å². The van der Waals surface area contributed by atoms with Gasteiger partial charge in [-0.25, -0.2) is 0 Å². The van der Waals surface area contributed by atoms with Crippen LogP contribution < -0.4 is 5.32 Å². The van der Waals surface area contributed by atoms with Crippen molar-refractivity contribution in [2.75, 3.05) is 6.54 Å². The van der Waals surface area contributed by atoms with Gasteiger partial charge < -0.3 is 10.2 Å². The van der Waals surface area contributed by atoms with E-state index in [4.69, 9.17) is 6.42 Å². The first kappa shape index (κ1) is 14.1. The fourth-order valence-corrected chi connectivity index (χ4v) is 2.43. The van der Waals surface area contributed by atoms with Crippen LogP contribution in [0.3, 0.4) is 0 Å². The number of rotatable bonds is 4. The number of nitrogens with one attached hydrogen (secondary N) is 1. The molecule has 0 bridgehead atoms. The minimum atomic E-state index is -0.558. The second-order valence-corrected chi connectivity index (χ2v) is 4.88. The Hall–Kier alpha value is -2.28. The molecule has 0 saturated carbocycles. The van der Waals surface area contributed by atoms with Crippen LogP contribution in [0.1, 0.15) is 31.4 Å². The number of benzene rings is 1. The van der Waals surface area contributed by atoms with Gasteiger partial charge in [-0.05, 0) is 18.9 Å². The maximum atomic E-state index is 12.3. The molecule has 1 fully saturated rings. The number of amides is 2. The monoisotopic (exact) mass is 270 g/mol. The summed E-state index contributed by atoms with van der Waals surface area (Å²) in [7, 11) is 0. The molecule has 4 nitrogen and oxygen atoms in total. The minimum Gasteiger partial charge on any atom is -0.342 e. The van der Waals surface area contributed by atoms with Crippen molar-refractivity contribution in [1.82, 2.24) is 10.2 Å². The molecule has 0 aromatic heterocycles. The van der Waals surface area contributed by atoms with Gasteiger partial charge in [0.15, 0.2) is 0 Å². The Labute approximate surface area is 119 Å². The van der Waals surface area contributed by atoms with Crippen molar-refractivity contribution >= 4 is 11.8 Å². The Kier molecular flexibility index (Phi) is 4.41. The Bertz CT molecular complexity index is 533. The van der Waals surface area contributed by atoms with E-state index in [9.17, 15) is 9.59 Å². The lowest BCUT2D eigenvalue weighted by Gasteiger charge is -2.38. The van der Waals surface area contributed by atoms with Gasteiger partial charge in [0.2, 0.25) is 11.8 Å².